The summed E-state index contributed by atoms with van der Waals surface area (Å²) in [5, 5.41) is 12.7. The third kappa shape index (κ3) is 2.56. The zero-order chi connectivity index (χ0) is 10.6. The minimum Gasteiger partial charge on any atom is -0.387 e. The second-order valence-electron chi connectivity index (χ2n) is 3.61. The Hall–Kier alpha value is -0.860. The van der Waals surface area contributed by atoms with Crippen molar-refractivity contribution in [1.29, 1.82) is 0 Å². The van der Waals surface area contributed by atoms with Crippen LogP contribution in [0.1, 0.15) is 29.7 Å². The molecule has 1 aromatic carbocycles. The largest absolute Gasteiger partial charge is 0.387 e. The van der Waals surface area contributed by atoms with Gasteiger partial charge < -0.3 is 10.4 Å². The van der Waals surface area contributed by atoms with Crippen LogP contribution in [0, 0.1) is 6.92 Å². The lowest BCUT2D eigenvalue weighted by atomic mass is 10.0. The molecule has 14 heavy (non-hydrogen) atoms. The van der Waals surface area contributed by atoms with E-state index < -0.39 is 6.10 Å². The standard InChI is InChI=1S/C12H19NO/c1-4-10-5-6-11(7-9(10)2)12(14)8-13-3/h5-7,12-14H,4,8H2,1-3H3. The molecule has 0 spiro atoms. The van der Waals surface area contributed by atoms with Gasteiger partial charge in [-0.3, -0.25) is 0 Å². The van der Waals surface area contributed by atoms with Crippen LogP contribution in [0.2, 0.25) is 0 Å². The summed E-state index contributed by atoms with van der Waals surface area (Å²) in [5.74, 6) is 0. The Morgan fingerprint density at radius 3 is 2.64 bits per heavy atom. The molecule has 0 aromatic heterocycles. The number of aliphatic hydroxyl groups excluding tert-OH is 1. The second-order valence-corrected chi connectivity index (χ2v) is 3.61. The van der Waals surface area contributed by atoms with Gasteiger partial charge in [0.2, 0.25) is 0 Å². The van der Waals surface area contributed by atoms with Crippen molar-refractivity contribution in [3.63, 3.8) is 0 Å². The highest BCUT2D eigenvalue weighted by molar-refractivity contribution is 5.32. The van der Waals surface area contributed by atoms with Crippen LogP contribution in [-0.4, -0.2) is 18.7 Å². The molecular weight excluding hydrogens is 174 g/mol. The summed E-state index contributed by atoms with van der Waals surface area (Å²) in [7, 11) is 1.84. The van der Waals surface area contributed by atoms with Gasteiger partial charge in [0.05, 0.1) is 6.10 Å². The van der Waals surface area contributed by atoms with Crippen LogP contribution in [0.15, 0.2) is 18.2 Å². The molecule has 1 atom stereocenters. The van der Waals surface area contributed by atoms with Crippen molar-refractivity contribution in [2.75, 3.05) is 13.6 Å². The Balaban J connectivity index is 2.85. The molecule has 0 radical (unpaired) electrons. The molecular formula is C12H19NO. The van der Waals surface area contributed by atoms with E-state index in [1.807, 2.05) is 13.1 Å². The van der Waals surface area contributed by atoms with Crippen LogP contribution in [0.5, 0.6) is 0 Å². The maximum atomic E-state index is 9.75. The average molecular weight is 193 g/mol. The normalized spacial score (nSPS) is 12.9. The molecule has 2 heteroatoms. The molecule has 1 rings (SSSR count). The predicted molar refractivity (Wildman–Crippen MR) is 59.4 cm³/mol. The number of rotatable bonds is 4. The Morgan fingerprint density at radius 1 is 1.43 bits per heavy atom. The molecule has 0 saturated heterocycles. The van der Waals surface area contributed by atoms with Gasteiger partial charge in [0.25, 0.3) is 0 Å². The summed E-state index contributed by atoms with van der Waals surface area (Å²) >= 11 is 0. The number of likely N-dealkylation sites (N-methyl/N-ethyl adjacent to an activating group) is 1. The highest BCUT2D eigenvalue weighted by atomic mass is 16.3. The molecule has 78 valence electrons. The predicted octanol–water partition coefficient (Wildman–Crippen LogP) is 1.81. The second kappa shape index (κ2) is 5.13. The zero-order valence-electron chi connectivity index (χ0n) is 9.17. The number of nitrogens with one attached hydrogen (secondary N) is 1. The van der Waals surface area contributed by atoms with E-state index in [0.29, 0.717) is 6.54 Å². The number of hydrogen-bond donors (Lipinski definition) is 2. The van der Waals surface area contributed by atoms with Crippen molar-refractivity contribution in [1.82, 2.24) is 5.32 Å². The van der Waals surface area contributed by atoms with E-state index in [9.17, 15) is 5.11 Å². The molecule has 2 nitrogen and oxygen atoms in total. The number of aliphatic hydroxyl groups is 1. The van der Waals surface area contributed by atoms with Crippen molar-refractivity contribution < 1.29 is 5.11 Å². The molecule has 0 aliphatic carbocycles. The Bertz CT molecular complexity index is 296. The minimum atomic E-state index is -0.399. The summed E-state index contributed by atoms with van der Waals surface area (Å²) in [5.41, 5.74) is 3.61. The topological polar surface area (TPSA) is 32.3 Å². The lowest BCUT2D eigenvalue weighted by Crippen LogP contribution is -2.16. The molecule has 0 bridgehead atoms. The van der Waals surface area contributed by atoms with Gasteiger partial charge in [-0.15, -0.1) is 0 Å². The number of benzene rings is 1. The number of aryl methyl sites for hydroxylation is 2. The lowest BCUT2D eigenvalue weighted by molar-refractivity contribution is 0.177. The fourth-order valence-corrected chi connectivity index (χ4v) is 1.63. The third-order valence-electron chi connectivity index (χ3n) is 2.53. The maximum Gasteiger partial charge on any atom is 0.0914 e. The Morgan fingerprint density at radius 2 is 2.14 bits per heavy atom. The minimum absolute atomic E-state index is 0.399. The molecule has 1 unspecified atom stereocenters. The average Bonchev–Trinajstić information content (AvgIpc) is 2.18. The molecule has 0 heterocycles. The van der Waals surface area contributed by atoms with Crippen molar-refractivity contribution in [2.45, 2.75) is 26.4 Å². The van der Waals surface area contributed by atoms with E-state index in [-0.39, 0.29) is 0 Å². The van der Waals surface area contributed by atoms with Gasteiger partial charge in [-0.1, -0.05) is 25.1 Å². The van der Waals surface area contributed by atoms with Crippen LogP contribution >= 0.6 is 0 Å². The van der Waals surface area contributed by atoms with Gasteiger partial charge >= 0.3 is 0 Å². The van der Waals surface area contributed by atoms with E-state index in [0.717, 1.165) is 12.0 Å². The first-order valence-corrected chi connectivity index (χ1v) is 5.11. The Labute approximate surface area is 86.0 Å². The molecule has 1 aromatic rings. The van der Waals surface area contributed by atoms with Crippen molar-refractivity contribution in [2.24, 2.45) is 0 Å². The summed E-state index contributed by atoms with van der Waals surface area (Å²) in [6.45, 7) is 4.84. The van der Waals surface area contributed by atoms with E-state index in [2.05, 4.69) is 31.3 Å². The summed E-state index contributed by atoms with van der Waals surface area (Å²) < 4.78 is 0. The SMILES string of the molecule is CCc1ccc(C(O)CNC)cc1C. The van der Waals surface area contributed by atoms with E-state index in [4.69, 9.17) is 0 Å². The van der Waals surface area contributed by atoms with Gasteiger partial charge in [0.1, 0.15) is 0 Å². The van der Waals surface area contributed by atoms with Crippen LogP contribution in [0.25, 0.3) is 0 Å². The summed E-state index contributed by atoms with van der Waals surface area (Å²) in [6.07, 6.45) is 0.651. The van der Waals surface area contributed by atoms with E-state index in [1.165, 1.54) is 11.1 Å². The van der Waals surface area contributed by atoms with Gasteiger partial charge in [0, 0.05) is 6.54 Å². The monoisotopic (exact) mass is 193 g/mol. The van der Waals surface area contributed by atoms with E-state index in [1.54, 1.807) is 0 Å². The summed E-state index contributed by atoms with van der Waals surface area (Å²) in [6, 6.07) is 6.18. The highest BCUT2D eigenvalue weighted by Gasteiger charge is 2.07. The van der Waals surface area contributed by atoms with Crippen LogP contribution in [0.4, 0.5) is 0 Å². The molecule has 0 aliphatic heterocycles. The van der Waals surface area contributed by atoms with Crippen molar-refractivity contribution in [3.05, 3.63) is 34.9 Å². The van der Waals surface area contributed by atoms with Gasteiger partial charge in [-0.25, -0.2) is 0 Å². The van der Waals surface area contributed by atoms with Gasteiger partial charge in [-0.05, 0) is 37.1 Å². The first-order chi connectivity index (χ1) is 6.69. The molecule has 2 N–H and O–H groups in total. The highest BCUT2D eigenvalue weighted by Crippen LogP contribution is 2.17. The van der Waals surface area contributed by atoms with Crippen LogP contribution in [0.3, 0.4) is 0 Å². The molecule has 0 aliphatic rings. The maximum absolute atomic E-state index is 9.75. The van der Waals surface area contributed by atoms with Crippen molar-refractivity contribution in [3.8, 4) is 0 Å². The Kier molecular flexibility index (Phi) is 4.11. The van der Waals surface area contributed by atoms with Crippen LogP contribution in [-0.2, 0) is 6.42 Å². The zero-order valence-corrected chi connectivity index (χ0v) is 9.17. The molecule has 0 saturated carbocycles. The first kappa shape index (κ1) is 11.2. The van der Waals surface area contributed by atoms with Gasteiger partial charge in [-0.2, -0.15) is 0 Å². The van der Waals surface area contributed by atoms with Crippen LogP contribution < -0.4 is 5.32 Å². The fourth-order valence-electron chi connectivity index (χ4n) is 1.63. The quantitative estimate of drug-likeness (QED) is 0.764. The fraction of sp³-hybridized carbons (Fsp3) is 0.500. The lowest BCUT2D eigenvalue weighted by Gasteiger charge is -2.12. The summed E-state index contributed by atoms with van der Waals surface area (Å²) in [4.78, 5) is 0. The smallest absolute Gasteiger partial charge is 0.0914 e. The van der Waals surface area contributed by atoms with Gasteiger partial charge in [0.15, 0.2) is 0 Å². The van der Waals surface area contributed by atoms with E-state index >= 15 is 0 Å². The number of hydrogen-bond acceptors (Lipinski definition) is 2. The van der Waals surface area contributed by atoms with Crippen molar-refractivity contribution >= 4 is 0 Å². The third-order valence-corrected chi connectivity index (χ3v) is 2.53. The molecule has 0 fully saturated rings. The molecule has 0 amide bonds. The first-order valence-electron chi connectivity index (χ1n) is 5.11.